The highest BCUT2D eigenvalue weighted by atomic mass is 35.5. The van der Waals surface area contributed by atoms with Crippen LogP contribution in [-0.2, 0) is 12.8 Å². The third-order valence-corrected chi connectivity index (χ3v) is 2.36. The first-order valence-electron chi connectivity index (χ1n) is 4.66. The molecule has 0 amide bonds. The number of allylic oxidation sites excluding steroid dienone is 2. The molecule has 0 nitrogen and oxygen atoms in total. The smallest absolute Gasteiger partial charge is 0.0408 e. The minimum Gasteiger partial charge on any atom is -0.0913 e. The Hall–Kier alpha value is -0.750. The van der Waals surface area contributed by atoms with Gasteiger partial charge in [0, 0.05) is 5.02 Å². The second-order valence-electron chi connectivity index (χ2n) is 3.04. The summed E-state index contributed by atoms with van der Waals surface area (Å²) in [5.74, 6) is 0. The molecule has 1 rings (SSSR count). The maximum atomic E-state index is 5.91. The molecule has 1 heteroatoms. The molecule has 70 valence electrons. The fourth-order valence-electron chi connectivity index (χ4n) is 1.37. The largest absolute Gasteiger partial charge is 0.0913 e. The number of hydrogen-bond acceptors (Lipinski definition) is 0. The van der Waals surface area contributed by atoms with E-state index < -0.39 is 0 Å². The molecule has 0 saturated heterocycles. The Morgan fingerprint density at radius 1 is 1.31 bits per heavy atom. The molecule has 0 atom stereocenters. The molecule has 1 aromatic rings. The van der Waals surface area contributed by atoms with Crippen molar-refractivity contribution in [1.82, 2.24) is 0 Å². The van der Waals surface area contributed by atoms with Gasteiger partial charge in [0.05, 0.1) is 0 Å². The first kappa shape index (κ1) is 10.3. The third-order valence-electron chi connectivity index (χ3n) is 2.12. The van der Waals surface area contributed by atoms with Gasteiger partial charge in [-0.15, -0.1) is 0 Å². The Balaban J connectivity index is 2.92. The normalized spacial score (nSPS) is 11.0. The van der Waals surface area contributed by atoms with Gasteiger partial charge in [0.2, 0.25) is 0 Å². The first-order valence-corrected chi connectivity index (χ1v) is 5.04. The summed E-state index contributed by atoms with van der Waals surface area (Å²) in [5.41, 5.74) is 2.73. The average Bonchev–Trinajstić information content (AvgIpc) is 2.16. The standard InChI is InChI=1S/C12H15Cl/c1-3-5-6-11-7-8-12(13)9-10(11)4-2/h3,5,7-9H,4,6H2,1-2H3/b5-3+. The highest BCUT2D eigenvalue weighted by Gasteiger charge is 1.99. The molecule has 0 aromatic heterocycles. The zero-order valence-electron chi connectivity index (χ0n) is 8.18. The summed E-state index contributed by atoms with van der Waals surface area (Å²) in [6.07, 6.45) is 6.31. The highest BCUT2D eigenvalue weighted by molar-refractivity contribution is 6.30. The maximum absolute atomic E-state index is 5.91. The van der Waals surface area contributed by atoms with Crippen LogP contribution in [0.3, 0.4) is 0 Å². The van der Waals surface area contributed by atoms with E-state index in [-0.39, 0.29) is 0 Å². The van der Waals surface area contributed by atoms with Gasteiger partial charge in [0.1, 0.15) is 0 Å². The van der Waals surface area contributed by atoms with Crippen molar-refractivity contribution in [3.8, 4) is 0 Å². The molecule has 0 unspecified atom stereocenters. The van der Waals surface area contributed by atoms with Crippen LogP contribution in [0.1, 0.15) is 25.0 Å². The van der Waals surface area contributed by atoms with E-state index in [4.69, 9.17) is 11.6 Å². The van der Waals surface area contributed by atoms with E-state index in [9.17, 15) is 0 Å². The lowest BCUT2D eigenvalue weighted by molar-refractivity contribution is 1.08. The summed E-state index contributed by atoms with van der Waals surface area (Å²) in [5, 5.41) is 0.834. The molecule has 1 aromatic carbocycles. The van der Waals surface area contributed by atoms with Crippen LogP contribution >= 0.6 is 11.6 Å². The molecule has 0 radical (unpaired) electrons. The molecule has 0 N–H and O–H groups in total. The van der Waals surface area contributed by atoms with Gasteiger partial charge in [-0.2, -0.15) is 0 Å². The summed E-state index contributed by atoms with van der Waals surface area (Å²) >= 11 is 5.91. The molecule has 0 bridgehead atoms. The van der Waals surface area contributed by atoms with Crippen molar-refractivity contribution in [3.05, 3.63) is 46.5 Å². The molecule has 0 aliphatic carbocycles. The topological polar surface area (TPSA) is 0 Å². The number of benzene rings is 1. The van der Waals surface area contributed by atoms with Crippen LogP contribution in [0.5, 0.6) is 0 Å². The lowest BCUT2D eigenvalue weighted by atomic mass is 10.0. The predicted octanol–water partition coefficient (Wildman–Crippen LogP) is 4.02. The molecule has 13 heavy (non-hydrogen) atoms. The Labute approximate surface area is 85.2 Å². The minimum atomic E-state index is 0.834. The number of rotatable bonds is 3. The molecular weight excluding hydrogens is 180 g/mol. The monoisotopic (exact) mass is 194 g/mol. The minimum absolute atomic E-state index is 0.834. The summed E-state index contributed by atoms with van der Waals surface area (Å²) in [4.78, 5) is 0. The van der Waals surface area contributed by atoms with Crippen LogP contribution in [0.15, 0.2) is 30.4 Å². The zero-order chi connectivity index (χ0) is 9.68. The molecule has 0 spiro atoms. The van der Waals surface area contributed by atoms with Gasteiger partial charge in [-0.1, -0.05) is 36.7 Å². The van der Waals surface area contributed by atoms with Crippen molar-refractivity contribution >= 4 is 11.6 Å². The molecular formula is C12H15Cl. The number of halogens is 1. The van der Waals surface area contributed by atoms with E-state index >= 15 is 0 Å². The van der Waals surface area contributed by atoms with Crippen LogP contribution in [0.2, 0.25) is 5.02 Å². The van der Waals surface area contributed by atoms with Gasteiger partial charge >= 0.3 is 0 Å². The van der Waals surface area contributed by atoms with Crippen molar-refractivity contribution in [2.45, 2.75) is 26.7 Å². The van der Waals surface area contributed by atoms with Gasteiger partial charge in [-0.3, -0.25) is 0 Å². The number of hydrogen-bond donors (Lipinski definition) is 0. The Morgan fingerprint density at radius 3 is 2.69 bits per heavy atom. The van der Waals surface area contributed by atoms with E-state index in [1.807, 2.05) is 13.0 Å². The van der Waals surface area contributed by atoms with E-state index in [1.165, 1.54) is 11.1 Å². The van der Waals surface area contributed by atoms with Crippen LogP contribution in [0.4, 0.5) is 0 Å². The van der Waals surface area contributed by atoms with Crippen LogP contribution in [-0.4, -0.2) is 0 Å². The Morgan fingerprint density at radius 2 is 2.08 bits per heavy atom. The average molecular weight is 195 g/mol. The van der Waals surface area contributed by atoms with E-state index in [0.29, 0.717) is 0 Å². The third kappa shape index (κ3) is 2.89. The first-order chi connectivity index (χ1) is 6.27. The molecule has 0 aliphatic rings. The highest BCUT2D eigenvalue weighted by Crippen LogP contribution is 2.17. The molecule has 0 aliphatic heterocycles. The number of aryl methyl sites for hydroxylation is 1. The van der Waals surface area contributed by atoms with Crippen LogP contribution < -0.4 is 0 Å². The van der Waals surface area contributed by atoms with Crippen molar-refractivity contribution in [3.63, 3.8) is 0 Å². The Kier molecular flexibility index (Phi) is 4.04. The maximum Gasteiger partial charge on any atom is 0.0408 e. The second-order valence-corrected chi connectivity index (χ2v) is 3.48. The lowest BCUT2D eigenvalue weighted by Gasteiger charge is -2.05. The SMILES string of the molecule is C/C=C/Cc1ccc(Cl)cc1CC. The zero-order valence-corrected chi connectivity index (χ0v) is 8.93. The van der Waals surface area contributed by atoms with Crippen molar-refractivity contribution in [1.29, 1.82) is 0 Å². The van der Waals surface area contributed by atoms with Crippen molar-refractivity contribution in [2.24, 2.45) is 0 Å². The van der Waals surface area contributed by atoms with Gasteiger partial charge in [0.25, 0.3) is 0 Å². The van der Waals surface area contributed by atoms with Gasteiger partial charge < -0.3 is 0 Å². The fourth-order valence-corrected chi connectivity index (χ4v) is 1.56. The van der Waals surface area contributed by atoms with Gasteiger partial charge in [-0.05, 0) is 43.0 Å². The van der Waals surface area contributed by atoms with Gasteiger partial charge in [0.15, 0.2) is 0 Å². The van der Waals surface area contributed by atoms with Crippen LogP contribution in [0.25, 0.3) is 0 Å². The molecule has 0 fully saturated rings. The van der Waals surface area contributed by atoms with Gasteiger partial charge in [-0.25, -0.2) is 0 Å². The summed E-state index contributed by atoms with van der Waals surface area (Å²) in [7, 11) is 0. The molecule has 0 saturated carbocycles. The predicted molar refractivity (Wildman–Crippen MR) is 59.3 cm³/mol. The van der Waals surface area contributed by atoms with E-state index in [1.54, 1.807) is 0 Å². The fraction of sp³-hybridized carbons (Fsp3) is 0.333. The summed E-state index contributed by atoms with van der Waals surface area (Å²) < 4.78 is 0. The summed E-state index contributed by atoms with van der Waals surface area (Å²) in [6.45, 7) is 4.20. The lowest BCUT2D eigenvalue weighted by Crippen LogP contribution is -1.90. The Bertz CT molecular complexity index is 300. The van der Waals surface area contributed by atoms with Crippen LogP contribution in [0, 0.1) is 0 Å². The second kappa shape index (κ2) is 5.08. The van der Waals surface area contributed by atoms with E-state index in [0.717, 1.165) is 17.9 Å². The quantitative estimate of drug-likeness (QED) is 0.638. The van der Waals surface area contributed by atoms with Crippen molar-refractivity contribution in [2.75, 3.05) is 0 Å². The summed E-state index contributed by atoms with van der Waals surface area (Å²) in [6, 6.07) is 6.13. The van der Waals surface area contributed by atoms with E-state index in [2.05, 4.69) is 31.2 Å². The molecule has 0 heterocycles. The van der Waals surface area contributed by atoms with Crippen molar-refractivity contribution < 1.29 is 0 Å².